The summed E-state index contributed by atoms with van der Waals surface area (Å²) in [4.78, 5) is 0. The van der Waals surface area contributed by atoms with Crippen molar-refractivity contribution < 1.29 is 10.2 Å². The van der Waals surface area contributed by atoms with Gasteiger partial charge in [-0.05, 0) is 37.3 Å². The molecule has 0 heterocycles. The molecule has 0 bridgehead atoms. The molecular weight excluding hydrogens is 240 g/mol. The van der Waals surface area contributed by atoms with E-state index < -0.39 is 0 Å². The van der Waals surface area contributed by atoms with Crippen molar-refractivity contribution in [3.05, 3.63) is 53.6 Å². The van der Waals surface area contributed by atoms with Gasteiger partial charge in [0.15, 0.2) is 0 Å². The van der Waals surface area contributed by atoms with Crippen molar-refractivity contribution in [2.24, 2.45) is 0 Å². The molecule has 0 saturated carbocycles. The van der Waals surface area contributed by atoms with Crippen molar-refractivity contribution in [2.75, 3.05) is 5.32 Å². The molecule has 0 fully saturated rings. The summed E-state index contributed by atoms with van der Waals surface area (Å²) in [6.45, 7) is 1.85. The number of nitrogens with zero attached hydrogens (tertiary/aromatic N) is 1. The molecule has 4 nitrogen and oxygen atoms in total. The molecule has 19 heavy (non-hydrogen) atoms. The maximum absolute atomic E-state index is 9.79. The summed E-state index contributed by atoms with van der Waals surface area (Å²) in [6.07, 6.45) is 0. The van der Waals surface area contributed by atoms with E-state index in [2.05, 4.69) is 11.4 Å². The Kier molecular flexibility index (Phi) is 3.58. The highest BCUT2D eigenvalue weighted by Gasteiger charge is 2.12. The molecule has 2 aromatic rings. The summed E-state index contributed by atoms with van der Waals surface area (Å²) in [5.74, 6) is 0.197. The first kappa shape index (κ1) is 12.8. The molecule has 96 valence electrons. The number of nitrogens with one attached hydrogen (secondary N) is 1. The highest BCUT2D eigenvalue weighted by atomic mass is 16.3. The number of para-hydroxylation sites is 1. The van der Waals surface area contributed by atoms with Crippen LogP contribution in [0.4, 0.5) is 5.69 Å². The lowest BCUT2D eigenvalue weighted by Gasteiger charge is -2.17. The van der Waals surface area contributed by atoms with Crippen LogP contribution in [0.2, 0.25) is 0 Å². The normalized spacial score (nSPS) is 11.6. The molecule has 3 N–H and O–H groups in total. The van der Waals surface area contributed by atoms with Gasteiger partial charge >= 0.3 is 0 Å². The largest absolute Gasteiger partial charge is 0.508 e. The molecule has 0 aliphatic carbocycles. The highest BCUT2D eigenvalue weighted by molar-refractivity contribution is 5.58. The van der Waals surface area contributed by atoms with Crippen LogP contribution in [0.15, 0.2) is 42.5 Å². The molecule has 0 radical (unpaired) electrons. The zero-order valence-corrected chi connectivity index (χ0v) is 10.5. The van der Waals surface area contributed by atoms with E-state index in [-0.39, 0.29) is 17.5 Å². The molecule has 1 atom stereocenters. The maximum Gasteiger partial charge on any atom is 0.121 e. The summed E-state index contributed by atoms with van der Waals surface area (Å²) in [5.41, 5.74) is 1.81. The van der Waals surface area contributed by atoms with Crippen LogP contribution < -0.4 is 5.32 Å². The molecule has 0 spiro atoms. The van der Waals surface area contributed by atoms with Gasteiger partial charge in [-0.15, -0.1) is 0 Å². The molecule has 0 aliphatic rings. The Morgan fingerprint density at radius 3 is 2.63 bits per heavy atom. The lowest BCUT2D eigenvalue weighted by atomic mass is 10.1. The fourth-order valence-electron chi connectivity index (χ4n) is 1.91. The van der Waals surface area contributed by atoms with Crippen LogP contribution in [0, 0.1) is 11.3 Å². The minimum absolute atomic E-state index is 0.0926. The van der Waals surface area contributed by atoms with E-state index >= 15 is 0 Å². The van der Waals surface area contributed by atoms with Gasteiger partial charge in [0.05, 0.1) is 17.3 Å². The average molecular weight is 254 g/mol. The van der Waals surface area contributed by atoms with E-state index in [9.17, 15) is 10.2 Å². The second-order valence-corrected chi connectivity index (χ2v) is 4.27. The third-order valence-corrected chi connectivity index (χ3v) is 2.90. The van der Waals surface area contributed by atoms with E-state index in [4.69, 9.17) is 5.26 Å². The summed E-state index contributed by atoms with van der Waals surface area (Å²) < 4.78 is 0. The number of phenolic OH excluding ortho intramolecular Hbond substituents is 2. The second-order valence-electron chi connectivity index (χ2n) is 4.27. The molecule has 2 rings (SSSR count). The van der Waals surface area contributed by atoms with Gasteiger partial charge < -0.3 is 15.5 Å². The van der Waals surface area contributed by atoms with Crippen LogP contribution in [0.3, 0.4) is 0 Å². The van der Waals surface area contributed by atoms with Crippen LogP contribution in [0.1, 0.15) is 24.1 Å². The van der Waals surface area contributed by atoms with Gasteiger partial charge in [-0.25, -0.2) is 0 Å². The minimum atomic E-state index is -0.235. The number of phenols is 2. The molecule has 0 aromatic heterocycles. The van der Waals surface area contributed by atoms with Crippen molar-refractivity contribution in [3.63, 3.8) is 0 Å². The van der Waals surface area contributed by atoms with E-state index in [0.29, 0.717) is 16.8 Å². The molecule has 1 unspecified atom stereocenters. The zero-order valence-electron chi connectivity index (χ0n) is 10.5. The van der Waals surface area contributed by atoms with Crippen LogP contribution in [-0.4, -0.2) is 10.2 Å². The molecule has 0 saturated heterocycles. The second kappa shape index (κ2) is 5.32. The van der Waals surface area contributed by atoms with Gasteiger partial charge in [0.1, 0.15) is 17.6 Å². The number of anilines is 1. The fraction of sp³-hybridized carbons (Fsp3) is 0.133. The lowest BCUT2D eigenvalue weighted by molar-refractivity contribution is 0.451. The van der Waals surface area contributed by atoms with E-state index in [0.717, 1.165) is 0 Å². The number of aromatic hydroxyl groups is 2. The first-order chi connectivity index (χ1) is 9.11. The van der Waals surface area contributed by atoms with Gasteiger partial charge in [-0.2, -0.15) is 5.26 Å². The fourth-order valence-corrected chi connectivity index (χ4v) is 1.91. The molecule has 4 heteroatoms. The lowest BCUT2D eigenvalue weighted by Crippen LogP contribution is -2.08. The monoisotopic (exact) mass is 254 g/mol. The molecule has 2 aromatic carbocycles. The Balaban J connectivity index is 2.28. The summed E-state index contributed by atoms with van der Waals surface area (Å²) in [7, 11) is 0. The molecule has 0 aliphatic heterocycles. The summed E-state index contributed by atoms with van der Waals surface area (Å²) in [6, 6.07) is 13.4. The number of nitriles is 1. The van der Waals surface area contributed by atoms with Crippen LogP contribution in [-0.2, 0) is 0 Å². The predicted molar refractivity (Wildman–Crippen MR) is 73.0 cm³/mol. The molecular formula is C15H14N2O2. The quantitative estimate of drug-likeness (QED) is 0.735. The van der Waals surface area contributed by atoms with E-state index in [1.165, 1.54) is 18.2 Å². The standard InChI is InChI=1S/C15H14N2O2/c1-10(13-8-12(18)6-7-15(13)19)17-14-5-3-2-4-11(14)9-16/h2-8,10,17-19H,1H3. The minimum Gasteiger partial charge on any atom is -0.508 e. The van der Waals surface area contributed by atoms with Crippen molar-refractivity contribution in [3.8, 4) is 17.6 Å². The van der Waals surface area contributed by atoms with Crippen LogP contribution >= 0.6 is 0 Å². The number of benzene rings is 2. The van der Waals surface area contributed by atoms with Crippen LogP contribution in [0.5, 0.6) is 11.5 Å². The molecule has 0 amide bonds. The van der Waals surface area contributed by atoms with E-state index in [1.54, 1.807) is 18.2 Å². The highest BCUT2D eigenvalue weighted by Crippen LogP contribution is 2.30. The number of rotatable bonds is 3. The van der Waals surface area contributed by atoms with Gasteiger partial charge in [0.2, 0.25) is 0 Å². The topological polar surface area (TPSA) is 76.3 Å². The predicted octanol–water partition coefficient (Wildman–Crippen LogP) is 3.14. The Morgan fingerprint density at radius 1 is 1.16 bits per heavy atom. The van der Waals surface area contributed by atoms with Crippen molar-refractivity contribution in [1.29, 1.82) is 5.26 Å². The summed E-state index contributed by atoms with van der Waals surface area (Å²) >= 11 is 0. The summed E-state index contributed by atoms with van der Waals surface area (Å²) in [5, 5.41) is 31.4. The average Bonchev–Trinajstić information content (AvgIpc) is 2.42. The number of hydrogen-bond acceptors (Lipinski definition) is 4. The van der Waals surface area contributed by atoms with E-state index in [1.807, 2.05) is 13.0 Å². The van der Waals surface area contributed by atoms with Crippen molar-refractivity contribution in [1.82, 2.24) is 0 Å². The third kappa shape index (κ3) is 2.78. The first-order valence-electron chi connectivity index (χ1n) is 5.89. The Labute approximate surface area is 111 Å². The Bertz CT molecular complexity index is 632. The Morgan fingerprint density at radius 2 is 1.89 bits per heavy atom. The number of hydrogen-bond donors (Lipinski definition) is 3. The maximum atomic E-state index is 9.79. The third-order valence-electron chi connectivity index (χ3n) is 2.90. The smallest absolute Gasteiger partial charge is 0.121 e. The van der Waals surface area contributed by atoms with Gasteiger partial charge in [0.25, 0.3) is 0 Å². The van der Waals surface area contributed by atoms with Crippen LogP contribution in [0.25, 0.3) is 0 Å². The zero-order chi connectivity index (χ0) is 13.8. The van der Waals surface area contributed by atoms with Gasteiger partial charge in [0, 0.05) is 5.56 Å². The SMILES string of the molecule is CC(Nc1ccccc1C#N)c1cc(O)ccc1O. The van der Waals surface area contributed by atoms with Gasteiger partial charge in [-0.3, -0.25) is 0 Å². The van der Waals surface area contributed by atoms with Crippen molar-refractivity contribution in [2.45, 2.75) is 13.0 Å². The van der Waals surface area contributed by atoms with Crippen molar-refractivity contribution >= 4 is 5.69 Å². The Hall–Kier alpha value is -2.67. The van der Waals surface area contributed by atoms with Gasteiger partial charge in [-0.1, -0.05) is 12.1 Å². The first-order valence-corrected chi connectivity index (χ1v) is 5.89.